The molecule has 1 amide bonds. The molecule has 24 heavy (non-hydrogen) atoms. The van der Waals surface area contributed by atoms with Crippen LogP contribution in [-0.2, 0) is 6.54 Å². The molecule has 2 atom stereocenters. The highest BCUT2D eigenvalue weighted by molar-refractivity contribution is 5.97. The molecule has 7 heteroatoms. The van der Waals surface area contributed by atoms with Gasteiger partial charge in [-0.05, 0) is 26.2 Å². The zero-order valence-electron chi connectivity index (χ0n) is 13.6. The lowest BCUT2D eigenvalue weighted by Crippen LogP contribution is -2.66. The van der Waals surface area contributed by atoms with Gasteiger partial charge < -0.3 is 14.6 Å². The first-order chi connectivity index (χ1) is 11.5. The van der Waals surface area contributed by atoms with Gasteiger partial charge in [0.05, 0.1) is 12.1 Å². The van der Waals surface area contributed by atoms with Crippen molar-refractivity contribution in [2.45, 2.75) is 57.4 Å². The maximum absolute atomic E-state index is 13.0. The third kappa shape index (κ3) is 2.04. The number of carbonyl (C=O) groups excluding carboxylic acids is 2. The summed E-state index contributed by atoms with van der Waals surface area (Å²) >= 11 is 0. The number of nitrogens with zero attached hydrogens (tertiary/aromatic N) is 3. The van der Waals surface area contributed by atoms with E-state index in [9.17, 15) is 19.5 Å². The highest BCUT2D eigenvalue weighted by atomic mass is 16.3. The van der Waals surface area contributed by atoms with E-state index in [2.05, 4.69) is 4.90 Å². The maximum atomic E-state index is 13.0. The lowest BCUT2D eigenvalue weighted by atomic mass is 9.89. The molecule has 2 unspecified atom stereocenters. The fourth-order valence-electron chi connectivity index (χ4n) is 4.17. The van der Waals surface area contributed by atoms with Crippen molar-refractivity contribution in [2.24, 2.45) is 0 Å². The molecule has 0 bridgehead atoms. The molecule has 0 spiro atoms. The Balaban J connectivity index is 1.81. The quantitative estimate of drug-likeness (QED) is 0.811. The summed E-state index contributed by atoms with van der Waals surface area (Å²) < 4.78 is 1.58. The number of hydrogen-bond acceptors (Lipinski definition) is 5. The van der Waals surface area contributed by atoms with Gasteiger partial charge >= 0.3 is 0 Å². The highest BCUT2D eigenvalue weighted by Crippen LogP contribution is 2.35. The Kier molecular flexibility index (Phi) is 3.49. The minimum absolute atomic E-state index is 0.00385. The van der Waals surface area contributed by atoms with Crippen molar-refractivity contribution in [3.05, 3.63) is 27.7 Å². The summed E-state index contributed by atoms with van der Waals surface area (Å²) in [5, 5.41) is 10.2. The molecular weight excluding hydrogens is 310 g/mol. The van der Waals surface area contributed by atoms with Crippen molar-refractivity contribution in [3.8, 4) is 5.75 Å². The number of aldehydes is 1. The molecule has 1 aromatic rings. The van der Waals surface area contributed by atoms with Crippen molar-refractivity contribution in [1.29, 1.82) is 0 Å². The maximum Gasteiger partial charge on any atom is 0.276 e. The van der Waals surface area contributed by atoms with Crippen molar-refractivity contribution in [3.63, 3.8) is 0 Å². The van der Waals surface area contributed by atoms with Gasteiger partial charge in [-0.2, -0.15) is 0 Å². The van der Waals surface area contributed by atoms with Gasteiger partial charge in [-0.25, -0.2) is 0 Å². The van der Waals surface area contributed by atoms with Crippen LogP contribution in [0.1, 0.15) is 53.5 Å². The molecule has 1 N–H and O–H groups in total. The number of pyridine rings is 1. The molecule has 1 aliphatic carbocycles. The Morgan fingerprint density at radius 2 is 2.00 bits per heavy atom. The zero-order valence-corrected chi connectivity index (χ0v) is 13.6. The fourth-order valence-corrected chi connectivity index (χ4v) is 4.17. The van der Waals surface area contributed by atoms with Gasteiger partial charge in [-0.3, -0.25) is 19.3 Å². The number of rotatable bonds is 2. The zero-order chi connectivity index (χ0) is 17.0. The van der Waals surface area contributed by atoms with Gasteiger partial charge in [-0.1, -0.05) is 6.42 Å². The second-order valence-electron chi connectivity index (χ2n) is 7.03. The molecular formula is C17H21N3O4. The van der Waals surface area contributed by atoms with Crippen LogP contribution in [-0.4, -0.2) is 56.5 Å². The largest absolute Gasteiger partial charge is 0.503 e. The normalized spacial score (nSPS) is 27.4. The van der Waals surface area contributed by atoms with E-state index < -0.39 is 11.2 Å². The summed E-state index contributed by atoms with van der Waals surface area (Å²) in [6, 6.07) is 0.561. The van der Waals surface area contributed by atoms with E-state index in [0.29, 0.717) is 18.9 Å². The van der Waals surface area contributed by atoms with E-state index in [-0.39, 0.29) is 29.4 Å². The van der Waals surface area contributed by atoms with Gasteiger partial charge in [0.15, 0.2) is 17.7 Å². The minimum Gasteiger partial charge on any atom is -0.503 e. The fraction of sp³-hybridized carbons (Fsp3) is 0.588. The topological polar surface area (TPSA) is 82.9 Å². The molecule has 0 aromatic carbocycles. The Bertz CT molecular complexity index is 768. The summed E-state index contributed by atoms with van der Waals surface area (Å²) in [7, 11) is 0. The second-order valence-corrected chi connectivity index (χ2v) is 7.03. The molecule has 2 aliphatic heterocycles. The van der Waals surface area contributed by atoms with Crippen LogP contribution in [0.4, 0.5) is 0 Å². The molecule has 128 valence electrons. The Labute approximate surface area is 139 Å². The predicted octanol–water partition coefficient (Wildman–Crippen LogP) is 0.795. The van der Waals surface area contributed by atoms with E-state index in [1.165, 1.54) is 12.6 Å². The van der Waals surface area contributed by atoms with Crippen LogP contribution in [0, 0.1) is 0 Å². The molecule has 0 radical (unpaired) electrons. The SMILES string of the molecule is CC1CCN(C2CCC2)C2Cn3cc(C=O)c(=O)c(O)c3C(=O)N12. The van der Waals surface area contributed by atoms with Gasteiger partial charge in [0.2, 0.25) is 5.43 Å². The number of amides is 1. The second kappa shape index (κ2) is 5.44. The first-order valence-corrected chi connectivity index (χ1v) is 8.53. The Morgan fingerprint density at radius 3 is 2.62 bits per heavy atom. The van der Waals surface area contributed by atoms with Crippen molar-refractivity contribution in [2.75, 3.05) is 6.54 Å². The molecule has 1 saturated heterocycles. The molecule has 1 saturated carbocycles. The third-order valence-corrected chi connectivity index (χ3v) is 5.74. The monoisotopic (exact) mass is 331 g/mol. The smallest absolute Gasteiger partial charge is 0.276 e. The van der Waals surface area contributed by atoms with Crippen molar-refractivity contribution >= 4 is 12.2 Å². The lowest BCUT2D eigenvalue weighted by molar-refractivity contribution is -0.0661. The summed E-state index contributed by atoms with van der Waals surface area (Å²) in [6.07, 6.45) is 6.15. The van der Waals surface area contributed by atoms with E-state index in [1.807, 2.05) is 6.92 Å². The standard InChI is InChI=1S/C17H21N3O4/c1-10-5-6-19(12-3-2-4-12)13-8-18-7-11(9-21)15(22)16(23)14(18)17(24)20(10)13/h7,9-10,12-13,23H,2-6,8H2,1H3. The van der Waals surface area contributed by atoms with Crippen LogP contribution < -0.4 is 5.43 Å². The summed E-state index contributed by atoms with van der Waals surface area (Å²) in [5.41, 5.74) is -0.885. The number of carbonyl (C=O) groups is 2. The van der Waals surface area contributed by atoms with E-state index in [4.69, 9.17) is 0 Å². The molecule has 2 fully saturated rings. The summed E-state index contributed by atoms with van der Waals surface area (Å²) in [4.78, 5) is 40.3. The molecule has 3 heterocycles. The van der Waals surface area contributed by atoms with Crippen LogP contribution in [0.2, 0.25) is 0 Å². The number of aromatic hydroxyl groups is 1. The van der Waals surface area contributed by atoms with Crippen molar-refractivity contribution in [1.82, 2.24) is 14.4 Å². The number of fused-ring (bicyclic) bond motifs is 2. The molecule has 7 nitrogen and oxygen atoms in total. The van der Waals surface area contributed by atoms with Crippen molar-refractivity contribution < 1.29 is 14.7 Å². The first kappa shape index (κ1) is 15.4. The van der Waals surface area contributed by atoms with Crippen LogP contribution in [0.5, 0.6) is 5.75 Å². The lowest BCUT2D eigenvalue weighted by Gasteiger charge is -2.54. The summed E-state index contributed by atoms with van der Waals surface area (Å²) in [5.74, 6) is -0.939. The van der Waals surface area contributed by atoms with E-state index in [0.717, 1.165) is 25.8 Å². The van der Waals surface area contributed by atoms with E-state index in [1.54, 1.807) is 9.47 Å². The van der Waals surface area contributed by atoms with E-state index >= 15 is 0 Å². The summed E-state index contributed by atoms with van der Waals surface area (Å²) in [6.45, 7) is 3.42. The van der Waals surface area contributed by atoms with Crippen LogP contribution in [0.25, 0.3) is 0 Å². The van der Waals surface area contributed by atoms with Gasteiger partial charge in [0.1, 0.15) is 6.17 Å². The van der Waals surface area contributed by atoms with Crippen LogP contribution in [0.15, 0.2) is 11.0 Å². The highest BCUT2D eigenvalue weighted by Gasteiger charge is 2.45. The Hall–Kier alpha value is -2.15. The molecule has 3 aliphatic rings. The molecule has 4 rings (SSSR count). The average Bonchev–Trinajstić information content (AvgIpc) is 2.51. The number of hydrogen-bond donors (Lipinski definition) is 1. The van der Waals surface area contributed by atoms with Crippen LogP contribution >= 0.6 is 0 Å². The number of aromatic nitrogens is 1. The van der Waals surface area contributed by atoms with Gasteiger partial charge in [0.25, 0.3) is 5.91 Å². The molecule has 1 aromatic heterocycles. The average molecular weight is 331 g/mol. The first-order valence-electron chi connectivity index (χ1n) is 8.53. The van der Waals surface area contributed by atoms with Crippen LogP contribution in [0.3, 0.4) is 0 Å². The third-order valence-electron chi connectivity index (χ3n) is 5.74. The minimum atomic E-state index is -0.774. The van der Waals surface area contributed by atoms with Gasteiger partial charge in [0, 0.05) is 24.8 Å². The Morgan fingerprint density at radius 1 is 1.25 bits per heavy atom. The van der Waals surface area contributed by atoms with Gasteiger partial charge in [-0.15, -0.1) is 0 Å². The predicted molar refractivity (Wildman–Crippen MR) is 86.1 cm³/mol.